The van der Waals surface area contributed by atoms with Gasteiger partial charge in [0.1, 0.15) is 23.0 Å². The molecule has 184 valence electrons. The van der Waals surface area contributed by atoms with E-state index in [1.54, 1.807) is 67.0 Å². The number of carbonyl (C=O) groups excluding carboxylic acids is 2. The Hall–Kier alpha value is -4.91. The number of pyridine rings is 1. The van der Waals surface area contributed by atoms with Crippen LogP contribution in [0.1, 0.15) is 22.7 Å². The third-order valence-corrected chi connectivity index (χ3v) is 6.14. The highest BCUT2D eigenvalue weighted by atomic mass is 16.5. The number of ether oxygens (including phenoxy) is 2. The molecule has 1 amide bonds. The minimum absolute atomic E-state index is 0.00386. The standard InChI is InChI=1S/C30H24N2O5/c1-36-24-11-6-8-22(18-24)28(33)26-27(32(30(35)29(26)34)19-20-13-15-31-16-14-20)21-7-5-12-25(17-21)37-23-9-3-2-4-10-23/h2-18,27,33H,19H2,1H3/b28-26+. The smallest absolute Gasteiger partial charge is 0.295 e. The highest BCUT2D eigenvalue weighted by Crippen LogP contribution is 2.41. The summed E-state index contributed by atoms with van der Waals surface area (Å²) in [5.74, 6) is -0.00503. The van der Waals surface area contributed by atoms with Gasteiger partial charge in [-0.3, -0.25) is 14.6 Å². The number of carbonyl (C=O) groups is 2. The molecule has 5 rings (SSSR count). The monoisotopic (exact) mass is 492 g/mol. The van der Waals surface area contributed by atoms with Crippen molar-refractivity contribution < 1.29 is 24.2 Å². The summed E-state index contributed by atoms with van der Waals surface area (Å²) in [7, 11) is 1.52. The lowest BCUT2D eigenvalue weighted by Crippen LogP contribution is -2.29. The minimum Gasteiger partial charge on any atom is -0.507 e. The zero-order valence-corrected chi connectivity index (χ0v) is 20.1. The molecule has 1 aliphatic heterocycles. The van der Waals surface area contributed by atoms with E-state index >= 15 is 0 Å². The maximum absolute atomic E-state index is 13.4. The second kappa shape index (κ2) is 10.4. The van der Waals surface area contributed by atoms with Crippen LogP contribution in [0, 0.1) is 0 Å². The first-order chi connectivity index (χ1) is 18.0. The molecule has 7 heteroatoms. The molecule has 4 aromatic rings. The molecule has 2 heterocycles. The van der Waals surface area contributed by atoms with Crippen LogP contribution in [-0.2, 0) is 16.1 Å². The fraction of sp³-hybridized carbons (Fsp3) is 0.100. The van der Waals surface area contributed by atoms with E-state index in [1.807, 2.05) is 36.4 Å². The van der Waals surface area contributed by atoms with Gasteiger partial charge in [-0.1, -0.05) is 42.5 Å². The second-order valence-electron chi connectivity index (χ2n) is 8.50. The molecular weight excluding hydrogens is 468 g/mol. The number of aliphatic hydroxyl groups excluding tert-OH is 1. The van der Waals surface area contributed by atoms with Crippen molar-refractivity contribution in [2.24, 2.45) is 0 Å². The number of methoxy groups -OCH3 is 1. The number of rotatable bonds is 7. The van der Waals surface area contributed by atoms with Crippen molar-refractivity contribution >= 4 is 17.4 Å². The average molecular weight is 493 g/mol. The van der Waals surface area contributed by atoms with Crippen molar-refractivity contribution in [3.05, 3.63) is 126 Å². The lowest BCUT2D eigenvalue weighted by Gasteiger charge is -2.25. The Morgan fingerprint density at radius 1 is 0.865 bits per heavy atom. The molecule has 1 saturated heterocycles. The van der Waals surface area contributed by atoms with Gasteiger partial charge in [0, 0.05) is 24.5 Å². The molecule has 1 unspecified atom stereocenters. The van der Waals surface area contributed by atoms with E-state index in [-0.39, 0.29) is 17.9 Å². The summed E-state index contributed by atoms with van der Waals surface area (Å²) >= 11 is 0. The third-order valence-electron chi connectivity index (χ3n) is 6.14. The maximum Gasteiger partial charge on any atom is 0.295 e. The summed E-state index contributed by atoms with van der Waals surface area (Å²) in [6, 6.07) is 26.0. The summed E-state index contributed by atoms with van der Waals surface area (Å²) in [5.41, 5.74) is 1.82. The van der Waals surface area contributed by atoms with Crippen molar-refractivity contribution in [2.45, 2.75) is 12.6 Å². The molecule has 1 atom stereocenters. The molecule has 0 bridgehead atoms. The van der Waals surface area contributed by atoms with Crippen molar-refractivity contribution in [1.82, 2.24) is 9.88 Å². The molecule has 1 N–H and O–H groups in total. The van der Waals surface area contributed by atoms with E-state index in [0.717, 1.165) is 5.56 Å². The Bertz CT molecular complexity index is 1470. The summed E-state index contributed by atoms with van der Waals surface area (Å²) < 4.78 is 11.3. The lowest BCUT2D eigenvalue weighted by molar-refractivity contribution is -0.140. The molecule has 0 radical (unpaired) electrons. The van der Waals surface area contributed by atoms with Crippen LogP contribution >= 0.6 is 0 Å². The molecule has 0 aliphatic carbocycles. The quantitative estimate of drug-likeness (QED) is 0.208. The Morgan fingerprint density at radius 3 is 2.32 bits per heavy atom. The Labute approximate surface area is 214 Å². The van der Waals surface area contributed by atoms with Gasteiger partial charge in [-0.2, -0.15) is 0 Å². The van der Waals surface area contributed by atoms with E-state index < -0.39 is 17.7 Å². The van der Waals surface area contributed by atoms with Crippen LogP contribution in [0.5, 0.6) is 17.2 Å². The number of ketones is 1. The van der Waals surface area contributed by atoms with Gasteiger partial charge in [0.05, 0.1) is 18.7 Å². The van der Waals surface area contributed by atoms with Crippen LogP contribution in [0.4, 0.5) is 0 Å². The van der Waals surface area contributed by atoms with Crippen LogP contribution in [0.25, 0.3) is 5.76 Å². The van der Waals surface area contributed by atoms with Crippen molar-refractivity contribution in [3.8, 4) is 17.2 Å². The van der Waals surface area contributed by atoms with Crippen LogP contribution in [0.3, 0.4) is 0 Å². The largest absolute Gasteiger partial charge is 0.507 e. The first-order valence-corrected chi connectivity index (χ1v) is 11.7. The van der Waals surface area contributed by atoms with Gasteiger partial charge in [-0.15, -0.1) is 0 Å². The summed E-state index contributed by atoms with van der Waals surface area (Å²) in [6.45, 7) is 0.163. The normalized spacial score (nSPS) is 16.6. The number of benzene rings is 3. The van der Waals surface area contributed by atoms with E-state index in [9.17, 15) is 14.7 Å². The highest BCUT2D eigenvalue weighted by Gasteiger charge is 2.46. The number of likely N-dealkylation sites (tertiary alicyclic amines) is 1. The number of aromatic nitrogens is 1. The summed E-state index contributed by atoms with van der Waals surface area (Å²) in [4.78, 5) is 32.1. The van der Waals surface area contributed by atoms with Crippen molar-refractivity contribution in [3.63, 3.8) is 0 Å². The lowest BCUT2D eigenvalue weighted by atomic mass is 9.95. The fourth-order valence-electron chi connectivity index (χ4n) is 4.37. The molecule has 3 aromatic carbocycles. The fourth-order valence-corrected chi connectivity index (χ4v) is 4.37. The predicted molar refractivity (Wildman–Crippen MR) is 138 cm³/mol. The highest BCUT2D eigenvalue weighted by molar-refractivity contribution is 6.46. The SMILES string of the molecule is COc1cccc(/C(O)=C2\C(=O)C(=O)N(Cc3ccncc3)C2c2cccc(Oc3ccccc3)c2)c1. The topological polar surface area (TPSA) is 89.0 Å². The first-order valence-electron chi connectivity index (χ1n) is 11.7. The molecule has 1 aromatic heterocycles. The second-order valence-corrected chi connectivity index (χ2v) is 8.50. The predicted octanol–water partition coefficient (Wildman–Crippen LogP) is 5.50. The zero-order chi connectivity index (χ0) is 25.8. The Balaban J connectivity index is 1.62. The van der Waals surface area contributed by atoms with Gasteiger partial charge in [0.2, 0.25) is 0 Å². The average Bonchev–Trinajstić information content (AvgIpc) is 3.19. The Morgan fingerprint density at radius 2 is 1.57 bits per heavy atom. The molecule has 37 heavy (non-hydrogen) atoms. The van der Waals surface area contributed by atoms with Gasteiger partial charge in [0.25, 0.3) is 11.7 Å². The van der Waals surface area contributed by atoms with Crippen LogP contribution < -0.4 is 9.47 Å². The zero-order valence-electron chi connectivity index (χ0n) is 20.1. The van der Waals surface area contributed by atoms with Crippen LogP contribution in [0.15, 0.2) is 109 Å². The maximum atomic E-state index is 13.4. The molecule has 1 aliphatic rings. The van der Waals surface area contributed by atoms with Crippen molar-refractivity contribution in [1.29, 1.82) is 0 Å². The number of aliphatic hydroxyl groups is 1. The van der Waals surface area contributed by atoms with E-state index in [0.29, 0.717) is 28.4 Å². The number of amides is 1. The molecule has 7 nitrogen and oxygen atoms in total. The van der Waals surface area contributed by atoms with Crippen molar-refractivity contribution in [2.75, 3.05) is 7.11 Å². The van der Waals surface area contributed by atoms with Gasteiger partial charge in [0.15, 0.2) is 0 Å². The number of hydrogen-bond acceptors (Lipinski definition) is 6. The van der Waals surface area contributed by atoms with Crippen LogP contribution in [0.2, 0.25) is 0 Å². The van der Waals surface area contributed by atoms with Gasteiger partial charge in [-0.05, 0) is 59.7 Å². The van der Waals surface area contributed by atoms with E-state index in [2.05, 4.69) is 4.98 Å². The first kappa shape index (κ1) is 23.8. The van der Waals surface area contributed by atoms with E-state index in [1.165, 1.54) is 12.0 Å². The summed E-state index contributed by atoms with van der Waals surface area (Å²) in [5, 5.41) is 11.3. The van der Waals surface area contributed by atoms with Crippen LogP contribution in [-0.4, -0.2) is 33.8 Å². The number of hydrogen-bond donors (Lipinski definition) is 1. The molecule has 0 saturated carbocycles. The summed E-state index contributed by atoms with van der Waals surface area (Å²) in [6.07, 6.45) is 3.26. The minimum atomic E-state index is -0.835. The number of para-hydroxylation sites is 1. The Kier molecular flexibility index (Phi) is 6.68. The van der Waals surface area contributed by atoms with Gasteiger partial charge >= 0.3 is 0 Å². The van der Waals surface area contributed by atoms with Gasteiger partial charge < -0.3 is 19.5 Å². The third kappa shape index (κ3) is 4.92. The molecule has 0 spiro atoms. The van der Waals surface area contributed by atoms with Gasteiger partial charge in [-0.25, -0.2) is 0 Å². The molecule has 1 fully saturated rings. The number of nitrogens with zero attached hydrogens (tertiary/aromatic N) is 2. The number of Topliss-reactive ketones (excluding diaryl/α,β-unsaturated/α-hetero) is 1. The molecular formula is C30H24N2O5. The van der Waals surface area contributed by atoms with E-state index in [4.69, 9.17) is 9.47 Å².